The van der Waals surface area contributed by atoms with E-state index < -0.39 is 6.04 Å². The first kappa shape index (κ1) is 15.7. The van der Waals surface area contributed by atoms with E-state index in [2.05, 4.69) is 10.3 Å². The number of furan rings is 1. The first-order valence-electron chi connectivity index (χ1n) is 7.76. The van der Waals surface area contributed by atoms with Gasteiger partial charge in [-0.3, -0.25) is 9.59 Å². The number of carbonyl (C=O) groups is 2. The summed E-state index contributed by atoms with van der Waals surface area (Å²) in [6.45, 7) is 3.91. The van der Waals surface area contributed by atoms with Crippen LogP contribution in [0.3, 0.4) is 0 Å². The zero-order chi connectivity index (χ0) is 16.9. The van der Waals surface area contributed by atoms with Gasteiger partial charge in [0, 0.05) is 17.6 Å². The van der Waals surface area contributed by atoms with Gasteiger partial charge in [0.25, 0.3) is 0 Å². The lowest BCUT2D eigenvalue weighted by atomic mass is 10.2. The van der Waals surface area contributed by atoms with E-state index in [1.165, 1.54) is 11.3 Å². The molecule has 2 aliphatic heterocycles. The molecule has 2 aliphatic rings. The van der Waals surface area contributed by atoms with Crippen LogP contribution in [0.1, 0.15) is 25.5 Å². The van der Waals surface area contributed by atoms with Gasteiger partial charge in [0.05, 0.1) is 4.87 Å². The lowest BCUT2D eigenvalue weighted by Gasteiger charge is -2.29. The van der Waals surface area contributed by atoms with Crippen LogP contribution in [0.15, 0.2) is 21.9 Å². The molecular formula is C16H17N3O3S2. The summed E-state index contributed by atoms with van der Waals surface area (Å²) in [7, 11) is 0. The number of hydrogen-bond acceptors (Lipinski definition) is 6. The number of thiazole rings is 1. The maximum absolute atomic E-state index is 12.6. The number of carbonyl (C=O) groups excluding carboxylic acids is 2. The third-order valence-corrected chi connectivity index (χ3v) is 6.74. The van der Waals surface area contributed by atoms with Crippen molar-refractivity contribution < 1.29 is 14.0 Å². The van der Waals surface area contributed by atoms with Crippen molar-refractivity contribution in [2.45, 2.75) is 37.6 Å². The van der Waals surface area contributed by atoms with Crippen LogP contribution in [-0.4, -0.2) is 38.4 Å². The van der Waals surface area contributed by atoms with Crippen LogP contribution < -0.4 is 5.32 Å². The van der Waals surface area contributed by atoms with Crippen LogP contribution in [0.2, 0.25) is 0 Å². The summed E-state index contributed by atoms with van der Waals surface area (Å²) in [6.07, 6.45) is 1.33. The summed E-state index contributed by atoms with van der Waals surface area (Å²) in [5, 5.41) is 5.22. The molecule has 2 amide bonds. The lowest BCUT2D eigenvalue weighted by molar-refractivity contribution is -0.135. The van der Waals surface area contributed by atoms with Gasteiger partial charge >= 0.3 is 0 Å². The molecule has 0 aromatic carbocycles. The standard InChI is InChI=1S/C16H17N3O3S2/c1-9-3-4-12(22-9)10-7-23-15(17-10)18-14(21)11-8-24-16(2)6-5-13(20)19(11)16/h3-4,7,11H,5-6,8H2,1-2H3,(H,17,18,21)/t11-,16-/m0/s1. The van der Waals surface area contributed by atoms with Gasteiger partial charge < -0.3 is 14.6 Å². The van der Waals surface area contributed by atoms with Crippen molar-refractivity contribution in [2.75, 3.05) is 11.1 Å². The molecule has 126 valence electrons. The van der Waals surface area contributed by atoms with Gasteiger partial charge in [-0.05, 0) is 32.4 Å². The minimum absolute atomic E-state index is 0.0635. The van der Waals surface area contributed by atoms with Crippen molar-refractivity contribution in [3.63, 3.8) is 0 Å². The average molecular weight is 363 g/mol. The fourth-order valence-electron chi connectivity index (χ4n) is 3.22. The van der Waals surface area contributed by atoms with Gasteiger partial charge in [-0.25, -0.2) is 4.98 Å². The summed E-state index contributed by atoms with van der Waals surface area (Å²) in [5.74, 6) is 2.02. The van der Waals surface area contributed by atoms with E-state index in [4.69, 9.17) is 4.42 Å². The minimum atomic E-state index is -0.423. The predicted octanol–water partition coefficient (Wildman–Crippen LogP) is 3.10. The van der Waals surface area contributed by atoms with E-state index in [-0.39, 0.29) is 16.7 Å². The largest absolute Gasteiger partial charge is 0.460 e. The van der Waals surface area contributed by atoms with Crippen LogP contribution in [0, 0.1) is 6.92 Å². The molecule has 0 saturated carbocycles. The SMILES string of the molecule is Cc1ccc(-c2csc(NC(=O)[C@@H]3CS[C@@]4(C)CCC(=O)N34)n2)o1. The average Bonchev–Trinajstić information content (AvgIpc) is 3.27. The van der Waals surface area contributed by atoms with Crippen LogP contribution in [0.4, 0.5) is 5.13 Å². The Labute approximate surface area is 147 Å². The number of aryl methyl sites for hydroxylation is 1. The molecule has 0 aliphatic carbocycles. The van der Waals surface area contributed by atoms with Crippen molar-refractivity contribution in [1.82, 2.24) is 9.88 Å². The fourth-order valence-corrected chi connectivity index (χ4v) is 5.35. The van der Waals surface area contributed by atoms with Crippen LogP contribution in [0.25, 0.3) is 11.5 Å². The highest BCUT2D eigenvalue weighted by atomic mass is 32.2. The Balaban J connectivity index is 1.49. The van der Waals surface area contributed by atoms with Gasteiger partial charge in [0.1, 0.15) is 17.5 Å². The van der Waals surface area contributed by atoms with Crippen molar-refractivity contribution in [1.29, 1.82) is 0 Å². The normalized spacial score (nSPS) is 26.0. The lowest BCUT2D eigenvalue weighted by Crippen LogP contribution is -2.48. The third-order valence-electron chi connectivity index (χ3n) is 4.47. The molecule has 24 heavy (non-hydrogen) atoms. The number of nitrogens with zero attached hydrogens (tertiary/aromatic N) is 2. The molecule has 4 rings (SSSR count). The zero-order valence-electron chi connectivity index (χ0n) is 13.4. The Kier molecular flexibility index (Phi) is 3.69. The smallest absolute Gasteiger partial charge is 0.249 e. The molecule has 0 spiro atoms. The third kappa shape index (κ3) is 2.53. The number of anilines is 1. The molecule has 2 aromatic heterocycles. The molecule has 2 fully saturated rings. The number of amides is 2. The molecule has 4 heterocycles. The number of thioether (sulfide) groups is 1. The Bertz CT molecular complexity index is 815. The number of fused-ring (bicyclic) bond motifs is 1. The van der Waals surface area contributed by atoms with E-state index in [9.17, 15) is 9.59 Å². The molecule has 1 N–H and O–H groups in total. The number of aromatic nitrogens is 1. The van der Waals surface area contributed by atoms with E-state index in [0.717, 1.165) is 12.2 Å². The van der Waals surface area contributed by atoms with Crippen molar-refractivity contribution in [2.24, 2.45) is 0 Å². The van der Waals surface area contributed by atoms with Gasteiger partial charge in [0.2, 0.25) is 11.8 Å². The summed E-state index contributed by atoms with van der Waals surface area (Å²) in [4.78, 5) is 30.7. The molecule has 0 unspecified atom stereocenters. The second-order valence-electron chi connectivity index (χ2n) is 6.20. The summed E-state index contributed by atoms with van der Waals surface area (Å²) in [6, 6.07) is 3.31. The number of rotatable bonds is 3. The maximum Gasteiger partial charge on any atom is 0.249 e. The highest BCUT2D eigenvalue weighted by Crippen LogP contribution is 2.47. The minimum Gasteiger partial charge on any atom is -0.460 e. The summed E-state index contributed by atoms with van der Waals surface area (Å²) in [5.41, 5.74) is 0.700. The highest BCUT2D eigenvalue weighted by Gasteiger charge is 2.52. The monoisotopic (exact) mass is 363 g/mol. The first-order valence-corrected chi connectivity index (χ1v) is 9.62. The Hall–Kier alpha value is -1.80. The zero-order valence-corrected chi connectivity index (χ0v) is 15.0. The van der Waals surface area contributed by atoms with E-state index >= 15 is 0 Å². The quantitative estimate of drug-likeness (QED) is 0.907. The summed E-state index contributed by atoms with van der Waals surface area (Å²) < 4.78 is 5.55. The predicted molar refractivity (Wildman–Crippen MR) is 93.9 cm³/mol. The molecule has 2 atom stereocenters. The molecule has 6 nitrogen and oxygen atoms in total. The van der Waals surface area contributed by atoms with E-state index in [1.54, 1.807) is 16.7 Å². The summed E-state index contributed by atoms with van der Waals surface area (Å²) >= 11 is 3.04. The Morgan fingerprint density at radius 2 is 2.33 bits per heavy atom. The molecule has 0 radical (unpaired) electrons. The number of hydrogen-bond donors (Lipinski definition) is 1. The molecule has 2 saturated heterocycles. The maximum atomic E-state index is 12.6. The first-order chi connectivity index (χ1) is 11.5. The van der Waals surface area contributed by atoms with Gasteiger partial charge in [-0.15, -0.1) is 23.1 Å². The van der Waals surface area contributed by atoms with Crippen LogP contribution in [-0.2, 0) is 9.59 Å². The van der Waals surface area contributed by atoms with Crippen molar-refractivity contribution >= 4 is 40.0 Å². The molecule has 2 aromatic rings. The molecule has 0 bridgehead atoms. The van der Waals surface area contributed by atoms with Gasteiger partial charge in [0.15, 0.2) is 10.9 Å². The number of nitrogens with one attached hydrogen (secondary N) is 1. The second kappa shape index (κ2) is 5.63. The molecule has 8 heteroatoms. The topological polar surface area (TPSA) is 75.4 Å². The van der Waals surface area contributed by atoms with Crippen molar-refractivity contribution in [3.8, 4) is 11.5 Å². The van der Waals surface area contributed by atoms with Crippen LogP contribution in [0.5, 0.6) is 0 Å². The second-order valence-corrected chi connectivity index (χ2v) is 8.56. The molecular weight excluding hydrogens is 346 g/mol. The highest BCUT2D eigenvalue weighted by molar-refractivity contribution is 8.01. The fraction of sp³-hybridized carbons (Fsp3) is 0.438. The van der Waals surface area contributed by atoms with E-state index in [0.29, 0.717) is 28.8 Å². The Morgan fingerprint density at radius 1 is 1.50 bits per heavy atom. The van der Waals surface area contributed by atoms with Gasteiger partial charge in [-0.2, -0.15) is 0 Å². The Morgan fingerprint density at radius 3 is 3.08 bits per heavy atom. The van der Waals surface area contributed by atoms with Gasteiger partial charge in [-0.1, -0.05) is 0 Å². The van der Waals surface area contributed by atoms with Crippen molar-refractivity contribution in [3.05, 3.63) is 23.3 Å². The van der Waals surface area contributed by atoms with E-state index in [1.807, 2.05) is 31.4 Å². The van der Waals surface area contributed by atoms with Crippen LogP contribution >= 0.6 is 23.1 Å².